The molecule has 1 aliphatic heterocycles. The Hall–Kier alpha value is -1.56. The number of rotatable bonds is 7. The summed E-state index contributed by atoms with van der Waals surface area (Å²) in [5.41, 5.74) is 1.47. The number of amides is 1. The molecule has 126 valence electrons. The lowest BCUT2D eigenvalue weighted by Gasteiger charge is -2.27. The molecule has 1 amide bonds. The highest BCUT2D eigenvalue weighted by Gasteiger charge is 2.22. The summed E-state index contributed by atoms with van der Waals surface area (Å²) in [6, 6.07) is 5.41. The molecule has 1 aromatic carbocycles. The van der Waals surface area contributed by atoms with Crippen molar-refractivity contribution in [2.75, 3.05) is 54.1 Å². The lowest BCUT2D eigenvalue weighted by Crippen LogP contribution is -2.40. The van der Waals surface area contributed by atoms with Crippen molar-refractivity contribution in [2.24, 2.45) is 0 Å². The fourth-order valence-electron chi connectivity index (χ4n) is 2.31. The Morgan fingerprint density at radius 1 is 1.30 bits per heavy atom. The van der Waals surface area contributed by atoms with E-state index < -0.39 is 0 Å². The fraction of sp³-hybridized carbons (Fsp3) is 0.471. The zero-order chi connectivity index (χ0) is 16.8. The molecule has 0 atom stereocenters. The standard InChI is InChI=1S/C17H23ClN2O3/c1-19(2)6-7-20(8-9-22-3)17(21)14-10-13-11-15(18)4-5-16(13)23-12-14/h4-5,10-11H,6-9,12H2,1-3H3. The first-order valence-corrected chi connectivity index (χ1v) is 7.95. The summed E-state index contributed by atoms with van der Waals surface area (Å²) in [6.45, 7) is 2.79. The Labute approximate surface area is 142 Å². The number of hydrogen-bond acceptors (Lipinski definition) is 4. The second kappa shape index (κ2) is 8.34. The molecule has 0 bridgehead atoms. The lowest BCUT2D eigenvalue weighted by molar-refractivity contribution is -0.128. The highest BCUT2D eigenvalue weighted by molar-refractivity contribution is 6.30. The van der Waals surface area contributed by atoms with Gasteiger partial charge in [-0.1, -0.05) is 11.6 Å². The van der Waals surface area contributed by atoms with Crippen molar-refractivity contribution in [1.29, 1.82) is 0 Å². The topological polar surface area (TPSA) is 42.0 Å². The lowest BCUT2D eigenvalue weighted by atomic mass is 10.1. The smallest absolute Gasteiger partial charge is 0.253 e. The van der Waals surface area contributed by atoms with Crippen LogP contribution in [-0.2, 0) is 9.53 Å². The largest absolute Gasteiger partial charge is 0.488 e. The number of ether oxygens (including phenoxy) is 2. The van der Waals surface area contributed by atoms with E-state index in [2.05, 4.69) is 0 Å². The van der Waals surface area contributed by atoms with Crippen LogP contribution in [0, 0.1) is 0 Å². The predicted octanol–water partition coefficient (Wildman–Crippen LogP) is 2.15. The third-order valence-corrected chi connectivity index (χ3v) is 3.86. The van der Waals surface area contributed by atoms with Crippen LogP contribution in [0.15, 0.2) is 23.8 Å². The Morgan fingerprint density at radius 2 is 2.09 bits per heavy atom. The first kappa shape index (κ1) is 17.8. The van der Waals surface area contributed by atoms with Gasteiger partial charge in [0.05, 0.1) is 12.2 Å². The fourth-order valence-corrected chi connectivity index (χ4v) is 2.49. The number of carbonyl (C=O) groups is 1. The van der Waals surface area contributed by atoms with Gasteiger partial charge in [0.2, 0.25) is 0 Å². The van der Waals surface area contributed by atoms with Gasteiger partial charge in [0.15, 0.2) is 0 Å². The Kier molecular flexibility index (Phi) is 6.45. The average molecular weight is 339 g/mol. The summed E-state index contributed by atoms with van der Waals surface area (Å²) in [5.74, 6) is 0.734. The predicted molar refractivity (Wildman–Crippen MR) is 91.9 cm³/mol. The quantitative estimate of drug-likeness (QED) is 0.764. The van der Waals surface area contributed by atoms with Crippen molar-refractivity contribution in [2.45, 2.75) is 0 Å². The third kappa shape index (κ3) is 4.96. The van der Waals surface area contributed by atoms with Crippen LogP contribution < -0.4 is 4.74 Å². The molecule has 0 spiro atoms. The maximum atomic E-state index is 12.8. The number of hydrogen-bond donors (Lipinski definition) is 0. The molecule has 0 N–H and O–H groups in total. The maximum absolute atomic E-state index is 12.8. The summed E-state index contributed by atoms with van der Waals surface area (Å²) in [7, 11) is 5.61. The Balaban J connectivity index is 2.15. The second-order valence-corrected chi connectivity index (χ2v) is 6.17. The Morgan fingerprint density at radius 3 is 2.78 bits per heavy atom. The Bertz CT molecular complexity index is 587. The van der Waals surface area contributed by atoms with Crippen LogP contribution in [0.2, 0.25) is 5.02 Å². The van der Waals surface area contributed by atoms with Crippen LogP contribution in [0.5, 0.6) is 5.75 Å². The molecule has 2 rings (SSSR count). The SMILES string of the molecule is COCCN(CCN(C)C)C(=O)C1=Cc2cc(Cl)ccc2OC1. The molecule has 5 nitrogen and oxygen atoms in total. The molecule has 0 aliphatic carbocycles. The van der Waals surface area contributed by atoms with E-state index in [0.29, 0.717) is 30.3 Å². The summed E-state index contributed by atoms with van der Waals surface area (Å²) in [4.78, 5) is 16.6. The minimum Gasteiger partial charge on any atom is -0.488 e. The van der Waals surface area contributed by atoms with Crippen LogP contribution in [-0.4, -0.2) is 69.8 Å². The van der Waals surface area contributed by atoms with Crippen LogP contribution in [0.25, 0.3) is 6.08 Å². The minimum absolute atomic E-state index is 0.0190. The number of fused-ring (bicyclic) bond motifs is 1. The van der Waals surface area contributed by atoms with Gasteiger partial charge in [0.25, 0.3) is 5.91 Å². The number of methoxy groups -OCH3 is 1. The molecule has 0 unspecified atom stereocenters. The number of likely N-dealkylation sites (N-methyl/N-ethyl adjacent to an activating group) is 1. The van der Waals surface area contributed by atoms with E-state index >= 15 is 0 Å². The zero-order valence-corrected chi connectivity index (χ0v) is 14.6. The summed E-state index contributed by atoms with van der Waals surface area (Å²) in [6.07, 6.45) is 1.86. The van der Waals surface area contributed by atoms with Gasteiger partial charge in [0.1, 0.15) is 12.4 Å². The van der Waals surface area contributed by atoms with Crippen LogP contribution in [0.4, 0.5) is 0 Å². The molecule has 0 aromatic heterocycles. The average Bonchev–Trinajstić information content (AvgIpc) is 2.53. The highest BCUT2D eigenvalue weighted by Crippen LogP contribution is 2.29. The molecule has 1 heterocycles. The molecule has 1 aromatic rings. The summed E-state index contributed by atoms with van der Waals surface area (Å²) >= 11 is 6.02. The zero-order valence-electron chi connectivity index (χ0n) is 13.8. The number of benzene rings is 1. The van der Waals surface area contributed by atoms with Crippen LogP contribution >= 0.6 is 11.6 Å². The van der Waals surface area contributed by atoms with E-state index in [1.54, 1.807) is 18.1 Å². The van der Waals surface area contributed by atoms with Gasteiger partial charge in [-0.05, 0) is 38.4 Å². The van der Waals surface area contributed by atoms with Gasteiger partial charge in [0, 0.05) is 37.3 Å². The van der Waals surface area contributed by atoms with E-state index in [1.807, 2.05) is 37.2 Å². The van der Waals surface area contributed by atoms with Gasteiger partial charge < -0.3 is 19.3 Å². The molecule has 0 radical (unpaired) electrons. The molecule has 1 aliphatic rings. The van der Waals surface area contributed by atoms with E-state index in [4.69, 9.17) is 21.1 Å². The van der Waals surface area contributed by atoms with Crippen molar-refractivity contribution in [3.05, 3.63) is 34.4 Å². The molecule has 6 heteroatoms. The molecule has 0 fully saturated rings. The van der Waals surface area contributed by atoms with Gasteiger partial charge in [-0.2, -0.15) is 0 Å². The van der Waals surface area contributed by atoms with Crippen LogP contribution in [0.1, 0.15) is 5.56 Å². The van der Waals surface area contributed by atoms with Gasteiger partial charge in [-0.15, -0.1) is 0 Å². The summed E-state index contributed by atoms with van der Waals surface area (Å²) in [5, 5.41) is 0.626. The second-order valence-electron chi connectivity index (χ2n) is 5.73. The van der Waals surface area contributed by atoms with Crippen molar-refractivity contribution < 1.29 is 14.3 Å². The summed E-state index contributed by atoms with van der Waals surface area (Å²) < 4.78 is 10.8. The van der Waals surface area contributed by atoms with Crippen molar-refractivity contribution >= 4 is 23.6 Å². The first-order valence-electron chi connectivity index (χ1n) is 7.57. The minimum atomic E-state index is -0.0190. The maximum Gasteiger partial charge on any atom is 0.253 e. The molecule has 0 saturated heterocycles. The van der Waals surface area contributed by atoms with Crippen molar-refractivity contribution in [3.63, 3.8) is 0 Å². The van der Waals surface area contributed by atoms with Gasteiger partial charge >= 0.3 is 0 Å². The number of halogens is 1. The van der Waals surface area contributed by atoms with Crippen molar-refractivity contribution in [3.8, 4) is 5.75 Å². The van der Waals surface area contributed by atoms with E-state index in [-0.39, 0.29) is 12.5 Å². The van der Waals surface area contributed by atoms with Gasteiger partial charge in [-0.3, -0.25) is 4.79 Å². The molecule has 23 heavy (non-hydrogen) atoms. The van der Waals surface area contributed by atoms with Crippen LogP contribution in [0.3, 0.4) is 0 Å². The highest BCUT2D eigenvalue weighted by atomic mass is 35.5. The van der Waals surface area contributed by atoms with E-state index in [9.17, 15) is 4.79 Å². The monoisotopic (exact) mass is 338 g/mol. The molecular formula is C17H23ClN2O3. The first-order chi connectivity index (χ1) is 11.0. The van der Waals surface area contributed by atoms with Crippen molar-refractivity contribution in [1.82, 2.24) is 9.80 Å². The third-order valence-electron chi connectivity index (χ3n) is 3.63. The number of nitrogens with zero attached hydrogens (tertiary/aromatic N) is 2. The molecule has 0 saturated carbocycles. The number of carbonyl (C=O) groups excluding carboxylic acids is 1. The van der Waals surface area contributed by atoms with E-state index in [0.717, 1.165) is 17.9 Å². The van der Waals surface area contributed by atoms with Gasteiger partial charge in [-0.25, -0.2) is 0 Å². The van der Waals surface area contributed by atoms with E-state index in [1.165, 1.54) is 0 Å². The molecular weight excluding hydrogens is 316 g/mol. The normalized spacial score (nSPS) is 13.3.